The number of rotatable bonds is 7. The summed E-state index contributed by atoms with van der Waals surface area (Å²) in [6.45, 7) is 2.29. The predicted molar refractivity (Wildman–Crippen MR) is 125 cm³/mol. The van der Waals surface area contributed by atoms with Crippen molar-refractivity contribution in [3.8, 4) is 11.4 Å². The molecule has 6 nitrogen and oxygen atoms in total. The van der Waals surface area contributed by atoms with Gasteiger partial charge in [-0.15, -0.1) is 0 Å². The molecule has 1 aromatic heterocycles. The molecule has 184 valence electrons. The standard InChI is InChI=1S/C26H26F3N3O3/c1-16-13-31(15-30-16)22-7-6-17(10-24(22)35-3)9-18-5-4-8-32(26(18)33)23(14-34-2)19-11-20(27)25(29)21(28)12-19/h6-7,9-13,15,23H,4-5,8,14H2,1-3H3/b18-9+/t23-/m1/s1. The number of piperidine rings is 1. The molecule has 1 atom stereocenters. The Morgan fingerprint density at radius 1 is 1.14 bits per heavy atom. The molecule has 0 unspecified atom stereocenters. The molecule has 1 aliphatic rings. The van der Waals surface area contributed by atoms with Crippen LogP contribution in [0.2, 0.25) is 0 Å². The zero-order valence-electron chi connectivity index (χ0n) is 19.7. The minimum atomic E-state index is -1.54. The number of aryl methyl sites for hydroxylation is 1. The zero-order chi connectivity index (χ0) is 25.1. The van der Waals surface area contributed by atoms with Crippen LogP contribution in [-0.2, 0) is 9.53 Å². The van der Waals surface area contributed by atoms with Crippen LogP contribution < -0.4 is 4.74 Å². The predicted octanol–water partition coefficient (Wildman–Crippen LogP) is 5.00. The molecule has 0 radical (unpaired) electrons. The van der Waals surface area contributed by atoms with E-state index in [1.54, 1.807) is 19.5 Å². The van der Waals surface area contributed by atoms with E-state index in [9.17, 15) is 18.0 Å². The van der Waals surface area contributed by atoms with Gasteiger partial charge in [-0.05, 0) is 61.2 Å². The van der Waals surface area contributed by atoms with E-state index in [2.05, 4.69) is 4.98 Å². The van der Waals surface area contributed by atoms with Crippen molar-refractivity contribution in [3.63, 3.8) is 0 Å². The molecule has 0 bridgehead atoms. The number of aromatic nitrogens is 2. The van der Waals surface area contributed by atoms with Gasteiger partial charge in [0.05, 0.1) is 37.5 Å². The van der Waals surface area contributed by atoms with Crippen LogP contribution in [0.1, 0.15) is 35.7 Å². The maximum Gasteiger partial charge on any atom is 0.250 e. The van der Waals surface area contributed by atoms with Crippen molar-refractivity contribution in [2.45, 2.75) is 25.8 Å². The highest BCUT2D eigenvalue weighted by Gasteiger charge is 2.31. The summed E-state index contributed by atoms with van der Waals surface area (Å²) < 4.78 is 54.0. The SMILES string of the molecule is COC[C@H](c1cc(F)c(F)c(F)c1)N1CCC/C(=C\c2ccc(-n3cnc(C)c3)c(OC)c2)C1=O. The number of nitrogens with zero attached hydrogens (tertiary/aromatic N) is 3. The third kappa shape index (κ3) is 5.09. The van der Waals surface area contributed by atoms with Crippen molar-refractivity contribution in [1.82, 2.24) is 14.5 Å². The quantitative estimate of drug-likeness (QED) is 0.349. The van der Waals surface area contributed by atoms with E-state index >= 15 is 0 Å². The van der Waals surface area contributed by atoms with Crippen molar-refractivity contribution in [2.75, 3.05) is 27.4 Å². The molecule has 0 aliphatic carbocycles. The van der Waals surface area contributed by atoms with Crippen LogP contribution in [0.4, 0.5) is 13.2 Å². The molecule has 2 heterocycles. The zero-order valence-corrected chi connectivity index (χ0v) is 19.7. The Bertz CT molecular complexity index is 1250. The van der Waals surface area contributed by atoms with Crippen LogP contribution in [-0.4, -0.2) is 47.7 Å². The van der Waals surface area contributed by atoms with Gasteiger partial charge < -0.3 is 18.9 Å². The maximum absolute atomic E-state index is 13.9. The van der Waals surface area contributed by atoms with Gasteiger partial charge in [0.15, 0.2) is 17.5 Å². The molecule has 35 heavy (non-hydrogen) atoms. The normalized spacial score (nSPS) is 16.1. The number of carbonyl (C=O) groups is 1. The average molecular weight is 486 g/mol. The number of ether oxygens (including phenoxy) is 2. The molecular weight excluding hydrogens is 459 g/mol. The van der Waals surface area contributed by atoms with Gasteiger partial charge in [-0.3, -0.25) is 4.79 Å². The summed E-state index contributed by atoms with van der Waals surface area (Å²) in [5.41, 5.74) is 3.15. The highest BCUT2D eigenvalue weighted by atomic mass is 19.2. The molecule has 9 heteroatoms. The van der Waals surface area contributed by atoms with Crippen molar-refractivity contribution >= 4 is 12.0 Å². The Labute approximate surface area is 201 Å². The minimum Gasteiger partial charge on any atom is -0.495 e. The Kier molecular flexibility index (Phi) is 7.25. The summed E-state index contributed by atoms with van der Waals surface area (Å²) >= 11 is 0. The second-order valence-electron chi connectivity index (χ2n) is 8.39. The van der Waals surface area contributed by atoms with Gasteiger partial charge in [-0.2, -0.15) is 0 Å². The highest BCUT2D eigenvalue weighted by molar-refractivity contribution is 5.98. The topological polar surface area (TPSA) is 56.6 Å². The first-order valence-electron chi connectivity index (χ1n) is 11.2. The molecule has 1 fully saturated rings. The smallest absolute Gasteiger partial charge is 0.250 e. The van der Waals surface area contributed by atoms with E-state index in [-0.39, 0.29) is 18.1 Å². The van der Waals surface area contributed by atoms with E-state index in [1.807, 2.05) is 35.9 Å². The number of methoxy groups -OCH3 is 2. The largest absolute Gasteiger partial charge is 0.495 e. The van der Waals surface area contributed by atoms with E-state index in [0.717, 1.165) is 29.1 Å². The number of likely N-dealkylation sites (tertiary alicyclic amines) is 1. The fourth-order valence-corrected chi connectivity index (χ4v) is 4.31. The molecule has 3 aromatic rings. The molecule has 1 saturated heterocycles. The number of halogens is 3. The van der Waals surface area contributed by atoms with Crippen LogP contribution in [0.3, 0.4) is 0 Å². The van der Waals surface area contributed by atoms with Crippen LogP contribution in [0.25, 0.3) is 11.8 Å². The minimum absolute atomic E-state index is 0.0103. The lowest BCUT2D eigenvalue weighted by Gasteiger charge is -2.35. The Balaban J connectivity index is 1.64. The molecular formula is C26H26F3N3O3. The summed E-state index contributed by atoms with van der Waals surface area (Å²) in [5.74, 6) is -3.80. The van der Waals surface area contributed by atoms with Crippen LogP contribution >= 0.6 is 0 Å². The first-order valence-corrected chi connectivity index (χ1v) is 11.2. The lowest BCUT2D eigenvalue weighted by molar-refractivity contribution is -0.132. The first kappa shape index (κ1) is 24.5. The number of imidazole rings is 1. The van der Waals surface area contributed by atoms with Gasteiger partial charge in [0.25, 0.3) is 0 Å². The molecule has 1 amide bonds. The van der Waals surface area contributed by atoms with Gasteiger partial charge >= 0.3 is 0 Å². The second kappa shape index (κ2) is 10.4. The third-order valence-corrected chi connectivity index (χ3v) is 6.01. The van der Waals surface area contributed by atoms with E-state index in [4.69, 9.17) is 9.47 Å². The Hall–Kier alpha value is -3.59. The van der Waals surface area contributed by atoms with Crippen LogP contribution in [0, 0.1) is 24.4 Å². The molecule has 4 rings (SSSR count). The summed E-state index contributed by atoms with van der Waals surface area (Å²) in [6, 6.07) is 6.66. The Morgan fingerprint density at radius 2 is 1.89 bits per heavy atom. The van der Waals surface area contributed by atoms with E-state index in [1.165, 1.54) is 12.0 Å². The van der Waals surface area contributed by atoms with Gasteiger partial charge in [-0.1, -0.05) is 6.07 Å². The number of benzene rings is 2. The lowest BCUT2D eigenvalue weighted by atomic mass is 9.96. The molecule has 2 aromatic carbocycles. The maximum atomic E-state index is 13.9. The lowest BCUT2D eigenvalue weighted by Crippen LogP contribution is -2.41. The second-order valence-corrected chi connectivity index (χ2v) is 8.39. The first-order chi connectivity index (χ1) is 16.8. The fourth-order valence-electron chi connectivity index (χ4n) is 4.31. The number of hydrogen-bond donors (Lipinski definition) is 0. The number of amides is 1. The monoisotopic (exact) mass is 485 g/mol. The van der Waals surface area contributed by atoms with Crippen molar-refractivity contribution in [3.05, 3.63) is 82.7 Å². The summed E-state index contributed by atoms with van der Waals surface area (Å²) in [5, 5.41) is 0. The van der Waals surface area contributed by atoms with Gasteiger partial charge in [0.2, 0.25) is 5.91 Å². The van der Waals surface area contributed by atoms with Gasteiger partial charge in [0, 0.05) is 25.4 Å². The molecule has 0 saturated carbocycles. The van der Waals surface area contributed by atoms with Crippen molar-refractivity contribution < 1.29 is 27.4 Å². The average Bonchev–Trinajstić information content (AvgIpc) is 3.28. The summed E-state index contributed by atoms with van der Waals surface area (Å²) in [6.07, 6.45) is 6.58. The molecule has 0 spiro atoms. The van der Waals surface area contributed by atoms with Gasteiger partial charge in [0.1, 0.15) is 5.75 Å². The summed E-state index contributed by atoms with van der Waals surface area (Å²) in [4.78, 5) is 19.2. The number of carbonyl (C=O) groups excluding carboxylic acids is 1. The van der Waals surface area contributed by atoms with Crippen molar-refractivity contribution in [2.24, 2.45) is 0 Å². The van der Waals surface area contributed by atoms with Crippen LogP contribution in [0.15, 0.2) is 48.4 Å². The summed E-state index contributed by atoms with van der Waals surface area (Å²) in [7, 11) is 3.01. The van der Waals surface area contributed by atoms with E-state index < -0.39 is 23.5 Å². The highest BCUT2D eigenvalue weighted by Crippen LogP contribution is 2.32. The van der Waals surface area contributed by atoms with Gasteiger partial charge in [-0.25, -0.2) is 18.2 Å². The fraction of sp³-hybridized carbons (Fsp3) is 0.308. The molecule has 1 aliphatic heterocycles. The Morgan fingerprint density at radius 3 is 2.51 bits per heavy atom. The third-order valence-electron chi connectivity index (χ3n) is 6.01. The molecule has 0 N–H and O–H groups in total. The van der Waals surface area contributed by atoms with Crippen molar-refractivity contribution in [1.29, 1.82) is 0 Å². The van der Waals surface area contributed by atoms with E-state index in [0.29, 0.717) is 30.7 Å². The van der Waals surface area contributed by atoms with Crippen LogP contribution in [0.5, 0.6) is 5.75 Å². The number of hydrogen-bond acceptors (Lipinski definition) is 4.